The van der Waals surface area contributed by atoms with Gasteiger partial charge in [0, 0.05) is 16.2 Å². The van der Waals surface area contributed by atoms with Gasteiger partial charge in [-0.1, -0.05) is 13.8 Å². The van der Waals surface area contributed by atoms with E-state index in [1.54, 1.807) is 6.07 Å². The van der Waals surface area contributed by atoms with Gasteiger partial charge in [-0.05, 0) is 40.0 Å². The van der Waals surface area contributed by atoms with Crippen molar-refractivity contribution in [2.24, 2.45) is 5.92 Å². The van der Waals surface area contributed by atoms with E-state index in [2.05, 4.69) is 20.7 Å². The first-order valence-corrected chi connectivity index (χ1v) is 7.73. The number of aliphatic hydroxyl groups is 1. The molecular formula is C11H17BrN2O3S. The fourth-order valence-corrected chi connectivity index (χ4v) is 3.00. The summed E-state index contributed by atoms with van der Waals surface area (Å²) in [6, 6.07) is 3.89. The topological polar surface area (TPSA) is 92.4 Å². The minimum absolute atomic E-state index is 0.00225. The molecule has 1 aromatic rings. The minimum atomic E-state index is -3.67. The number of nitrogen functional groups attached to an aromatic ring is 1. The number of hydrogen-bond donors (Lipinski definition) is 3. The van der Waals surface area contributed by atoms with Crippen molar-refractivity contribution >= 4 is 31.6 Å². The zero-order valence-corrected chi connectivity index (χ0v) is 12.6. The fraction of sp³-hybridized carbons (Fsp3) is 0.455. The molecule has 18 heavy (non-hydrogen) atoms. The number of nitrogens with one attached hydrogen (secondary N) is 1. The highest BCUT2D eigenvalue weighted by Crippen LogP contribution is 2.23. The van der Waals surface area contributed by atoms with Gasteiger partial charge >= 0.3 is 0 Å². The molecule has 1 rings (SSSR count). The third-order valence-electron chi connectivity index (χ3n) is 2.59. The van der Waals surface area contributed by atoms with E-state index >= 15 is 0 Å². The van der Waals surface area contributed by atoms with Crippen LogP contribution in [-0.2, 0) is 10.0 Å². The monoisotopic (exact) mass is 336 g/mol. The van der Waals surface area contributed by atoms with E-state index in [9.17, 15) is 8.42 Å². The van der Waals surface area contributed by atoms with Crippen LogP contribution in [0.3, 0.4) is 0 Å². The van der Waals surface area contributed by atoms with Crippen LogP contribution in [-0.4, -0.2) is 26.2 Å². The average Bonchev–Trinajstić information content (AvgIpc) is 2.29. The molecule has 1 aromatic carbocycles. The minimum Gasteiger partial charge on any atom is -0.398 e. The second kappa shape index (κ2) is 6.01. The van der Waals surface area contributed by atoms with E-state index in [-0.39, 0.29) is 17.4 Å². The van der Waals surface area contributed by atoms with Crippen molar-refractivity contribution in [3.05, 3.63) is 22.7 Å². The summed E-state index contributed by atoms with van der Waals surface area (Å²) in [6.07, 6.45) is 0. The zero-order chi connectivity index (χ0) is 13.9. The Labute approximate surface area is 116 Å². The Morgan fingerprint density at radius 3 is 2.50 bits per heavy atom. The number of aliphatic hydroxyl groups excluding tert-OH is 1. The van der Waals surface area contributed by atoms with Gasteiger partial charge in [0.15, 0.2) is 0 Å². The second-order valence-corrected chi connectivity index (χ2v) is 6.91. The summed E-state index contributed by atoms with van der Waals surface area (Å²) in [5.74, 6) is -0.00225. The molecule has 1 unspecified atom stereocenters. The molecule has 102 valence electrons. The predicted molar refractivity (Wildman–Crippen MR) is 74.6 cm³/mol. The third kappa shape index (κ3) is 3.68. The Hall–Kier alpha value is -0.630. The molecular weight excluding hydrogens is 320 g/mol. The quantitative estimate of drug-likeness (QED) is 0.707. The van der Waals surface area contributed by atoms with Crippen LogP contribution < -0.4 is 10.5 Å². The van der Waals surface area contributed by atoms with Crippen molar-refractivity contribution in [2.75, 3.05) is 12.3 Å². The largest absolute Gasteiger partial charge is 0.398 e. The molecule has 0 heterocycles. The number of hydrogen-bond acceptors (Lipinski definition) is 4. The van der Waals surface area contributed by atoms with E-state index in [0.717, 1.165) is 0 Å². The number of halogens is 1. The SMILES string of the molecule is CC(C)C(CO)NS(=O)(=O)c1ccc(Br)c(N)c1. The molecule has 0 fully saturated rings. The lowest BCUT2D eigenvalue weighted by Crippen LogP contribution is -2.41. The number of nitrogens with two attached hydrogens (primary N) is 1. The Bertz CT molecular complexity index is 517. The highest BCUT2D eigenvalue weighted by molar-refractivity contribution is 9.10. The second-order valence-electron chi connectivity index (χ2n) is 4.34. The molecule has 4 N–H and O–H groups in total. The van der Waals surface area contributed by atoms with Crippen LogP contribution >= 0.6 is 15.9 Å². The summed E-state index contributed by atoms with van der Waals surface area (Å²) in [7, 11) is -3.67. The molecule has 0 aliphatic carbocycles. The third-order valence-corrected chi connectivity index (χ3v) is 4.80. The van der Waals surface area contributed by atoms with Gasteiger partial charge in [0.05, 0.1) is 11.5 Å². The van der Waals surface area contributed by atoms with Crippen LogP contribution in [0, 0.1) is 5.92 Å². The summed E-state index contributed by atoms with van der Waals surface area (Å²) in [6.45, 7) is 3.42. The van der Waals surface area contributed by atoms with Gasteiger partial charge in [-0.3, -0.25) is 0 Å². The Balaban J connectivity index is 3.02. The molecule has 5 nitrogen and oxygen atoms in total. The van der Waals surface area contributed by atoms with E-state index < -0.39 is 16.1 Å². The highest BCUT2D eigenvalue weighted by atomic mass is 79.9. The first kappa shape index (κ1) is 15.4. The zero-order valence-electron chi connectivity index (χ0n) is 10.2. The lowest BCUT2D eigenvalue weighted by molar-refractivity contribution is 0.227. The lowest BCUT2D eigenvalue weighted by Gasteiger charge is -2.20. The molecule has 0 aliphatic heterocycles. The van der Waals surface area contributed by atoms with E-state index in [1.807, 2.05) is 13.8 Å². The Morgan fingerprint density at radius 2 is 2.06 bits per heavy atom. The number of benzene rings is 1. The summed E-state index contributed by atoms with van der Waals surface area (Å²) in [5.41, 5.74) is 6.00. The first-order valence-electron chi connectivity index (χ1n) is 5.46. The maximum absolute atomic E-state index is 12.1. The van der Waals surface area contributed by atoms with Crippen molar-refractivity contribution in [3.8, 4) is 0 Å². The van der Waals surface area contributed by atoms with Gasteiger partial charge in [0.25, 0.3) is 0 Å². The van der Waals surface area contributed by atoms with Crippen LogP contribution in [0.5, 0.6) is 0 Å². The molecule has 7 heteroatoms. The van der Waals surface area contributed by atoms with Crippen LogP contribution in [0.1, 0.15) is 13.8 Å². The number of sulfonamides is 1. The van der Waals surface area contributed by atoms with Crippen LogP contribution in [0.25, 0.3) is 0 Å². The molecule has 0 radical (unpaired) electrons. The molecule has 0 bridgehead atoms. The van der Waals surface area contributed by atoms with Gasteiger partial charge in [-0.15, -0.1) is 0 Å². The molecule has 1 atom stereocenters. The van der Waals surface area contributed by atoms with E-state index in [0.29, 0.717) is 10.2 Å². The van der Waals surface area contributed by atoms with E-state index in [1.165, 1.54) is 12.1 Å². The summed E-state index contributed by atoms with van der Waals surface area (Å²) in [5, 5.41) is 9.15. The normalized spacial score (nSPS) is 13.8. The standard InChI is InChI=1S/C11H17BrN2O3S/c1-7(2)11(6-15)14-18(16,17)8-3-4-9(12)10(13)5-8/h3-5,7,11,14-15H,6,13H2,1-2H3. The van der Waals surface area contributed by atoms with Crippen molar-refractivity contribution in [1.29, 1.82) is 0 Å². The first-order chi connectivity index (χ1) is 8.27. The highest BCUT2D eigenvalue weighted by Gasteiger charge is 2.22. The van der Waals surface area contributed by atoms with Gasteiger partial charge < -0.3 is 10.8 Å². The van der Waals surface area contributed by atoms with Gasteiger partial charge in [0.1, 0.15) is 0 Å². The van der Waals surface area contributed by atoms with Crippen LogP contribution in [0.2, 0.25) is 0 Å². The Kier molecular flexibility index (Phi) is 5.15. The molecule has 0 aliphatic rings. The summed E-state index contributed by atoms with van der Waals surface area (Å²) in [4.78, 5) is 0.0855. The number of rotatable bonds is 5. The predicted octanol–water partition coefficient (Wildman–Crippen LogP) is 1.33. The molecule has 0 saturated carbocycles. The summed E-state index contributed by atoms with van der Waals surface area (Å²) < 4.78 is 27.3. The lowest BCUT2D eigenvalue weighted by atomic mass is 10.1. The van der Waals surface area contributed by atoms with Crippen molar-refractivity contribution < 1.29 is 13.5 Å². The van der Waals surface area contributed by atoms with Crippen molar-refractivity contribution in [1.82, 2.24) is 4.72 Å². The maximum Gasteiger partial charge on any atom is 0.240 e. The van der Waals surface area contributed by atoms with Gasteiger partial charge in [-0.2, -0.15) is 0 Å². The van der Waals surface area contributed by atoms with Crippen molar-refractivity contribution in [2.45, 2.75) is 24.8 Å². The van der Waals surface area contributed by atoms with Crippen LogP contribution in [0.4, 0.5) is 5.69 Å². The number of anilines is 1. The van der Waals surface area contributed by atoms with E-state index in [4.69, 9.17) is 10.8 Å². The molecule has 0 amide bonds. The Morgan fingerprint density at radius 1 is 1.44 bits per heavy atom. The fourth-order valence-electron chi connectivity index (χ4n) is 1.34. The maximum atomic E-state index is 12.1. The van der Waals surface area contributed by atoms with Gasteiger partial charge in [0.2, 0.25) is 10.0 Å². The average molecular weight is 337 g/mol. The smallest absolute Gasteiger partial charge is 0.240 e. The summed E-state index contributed by atoms with van der Waals surface area (Å²) >= 11 is 3.20. The van der Waals surface area contributed by atoms with Gasteiger partial charge in [-0.25, -0.2) is 13.1 Å². The van der Waals surface area contributed by atoms with Crippen molar-refractivity contribution in [3.63, 3.8) is 0 Å². The van der Waals surface area contributed by atoms with Crippen LogP contribution in [0.15, 0.2) is 27.6 Å². The molecule has 0 saturated heterocycles. The molecule has 0 aromatic heterocycles. The molecule has 0 spiro atoms.